The zero-order valence-electron chi connectivity index (χ0n) is 16.6. The third-order valence-corrected chi connectivity index (χ3v) is 6.13. The van der Waals surface area contributed by atoms with E-state index in [1.54, 1.807) is 31.0 Å². The Kier molecular flexibility index (Phi) is 6.46. The van der Waals surface area contributed by atoms with Crippen molar-refractivity contribution in [3.05, 3.63) is 65.7 Å². The maximum Gasteiger partial charge on any atom is 0.196 e. The second-order valence-electron chi connectivity index (χ2n) is 7.18. The number of hydrogen-bond acceptors (Lipinski definition) is 5. The highest BCUT2D eigenvalue weighted by Crippen LogP contribution is 2.27. The number of halogens is 1. The first-order valence-corrected chi connectivity index (χ1v) is 10.9. The van der Waals surface area contributed by atoms with Crippen LogP contribution < -0.4 is 4.74 Å². The summed E-state index contributed by atoms with van der Waals surface area (Å²) >= 11 is 1.63. The average molecular weight is 413 g/mol. The first-order chi connectivity index (χ1) is 14.2. The van der Waals surface area contributed by atoms with E-state index in [0.717, 1.165) is 47.8 Å². The smallest absolute Gasteiger partial charge is 0.196 e. The van der Waals surface area contributed by atoms with E-state index in [-0.39, 0.29) is 5.82 Å². The average Bonchev–Trinajstić information content (AvgIpc) is 3.16. The summed E-state index contributed by atoms with van der Waals surface area (Å²) in [5.74, 6) is 2.27. The summed E-state index contributed by atoms with van der Waals surface area (Å²) in [4.78, 5) is 2.42. The number of likely N-dealkylation sites (tertiary alicyclic amines) is 1. The van der Waals surface area contributed by atoms with Crippen LogP contribution in [0.5, 0.6) is 5.75 Å². The number of ether oxygens (including phenoxy) is 1. The molecule has 152 valence electrons. The van der Waals surface area contributed by atoms with Gasteiger partial charge in [0.2, 0.25) is 0 Å². The lowest BCUT2D eigenvalue weighted by atomic mass is 10.1. The maximum atomic E-state index is 13.5. The molecule has 29 heavy (non-hydrogen) atoms. The molecule has 2 aromatic carbocycles. The maximum absolute atomic E-state index is 13.5. The third kappa shape index (κ3) is 4.97. The summed E-state index contributed by atoms with van der Waals surface area (Å²) in [6, 6.07) is 14.6. The van der Waals surface area contributed by atoms with Crippen LogP contribution in [0.2, 0.25) is 0 Å². The quantitative estimate of drug-likeness (QED) is 0.527. The predicted molar refractivity (Wildman–Crippen MR) is 113 cm³/mol. The Morgan fingerprint density at radius 3 is 2.38 bits per heavy atom. The molecule has 0 aliphatic carbocycles. The van der Waals surface area contributed by atoms with Gasteiger partial charge in [0.25, 0.3) is 0 Å². The highest BCUT2D eigenvalue weighted by atomic mass is 32.2. The van der Waals surface area contributed by atoms with Crippen LogP contribution in [-0.2, 0) is 12.3 Å². The highest BCUT2D eigenvalue weighted by Gasteiger charge is 2.19. The van der Waals surface area contributed by atoms with Crippen molar-refractivity contribution in [2.75, 3.05) is 20.2 Å². The molecule has 3 aromatic rings. The summed E-state index contributed by atoms with van der Waals surface area (Å²) in [6.07, 6.45) is 3.75. The lowest BCUT2D eigenvalue weighted by molar-refractivity contribution is 0.214. The Bertz CT molecular complexity index is 921. The summed E-state index contributed by atoms with van der Waals surface area (Å²) in [6.45, 7) is 2.93. The van der Waals surface area contributed by atoms with Crippen molar-refractivity contribution in [1.82, 2.24) is 19.7 Å². The number of thioether (sulfide) groups is 1. The van der Waals surface area contributed by atoms with Crippen molar-refractivity contribution in [2.24, 2.45) is 0 Å². The number of aromatic nitrogens is 3. The predicted octanol–water partition coefficient (Wildman–Crippen LogP) is 4.69. The molecule has 1 saturated heterocycles. The molecule has 2 heterocycles. The molecule has 1 aliphatic rings. The van der Waals surface area contributed by atoms with Crippen LogP contribution in [0.4, 0.5) is 4.39 Å². The van der Waals surface area contributed by atoms with Crippen LogP contribution in [0, 0.1) is 5.82 Å². The SMILES string of the molecule is COc1ccc(CSc2nnc(CN3CCCCC3)n2-c2ccc(F)cc2)cc1. The van der Waals surface area contributed by atoms with E-state index in [1.165, 1.54) is 37.0 Å². The molecule has 5 nitrogen and oxygen atoms in total. The fraction of sp³-hybridized carbons (Fsp3) is 0.364. The van der Waals surface area contributed by atoms with Gasteiger partial charge in [-0.15, -0.1) is 10.2 Å². The molecule has 4 rings (SSSR count). The van der Waals surface area contributed by atoms with E-state index in [0.29, 0.717) is 0 Å². The normalized spacial score (nSPS) is 14.8. The molecule has 0 atom stereocenters. The number of nitrogens with zero attached hydrogens (tertiary/aromatic N) is 4. The molecule has 0 amide bonds. The topological polar surface area (TPSA) is 43.2 Å². The number of hydrogen-bond donors (Lipinski definition) is 0. The lowest BCUT2D eigenvalue weighted by Gasteiger charge is -2.26. The Morgan fingerprint density at radius 2 is 1.69 bits per heavy atom. The van der Waals surface area contributed by atoms with Crippen LogP contribution in [0.1, 0.15) is 30.7 Å². The van der Waals surface area contributed by atoms with Gasteiger partial charge in [0.1, 0.15) is 11.6 Å². The van der Waals surface area contributed by atoms with Gasteiger partial charge in [-0.1, -0.05) is 30.3 Å². The van der Waals surface area contributed by atoms with Gasteiger partial charge < -0.3 is 4.74 Å². The van der Waals surface area contributed by atoms with Gasteiger partial charge in [0.05, 0.1) is 13.7 Å². The second-order valence-corrected chi connectivity index (χ2v) is 8.13. The first-order valence-electron chi connectivity index (χ1n) is 9.91. The molecule has 0 N–H and O–H groups in total. The summed E-state index contributed by atoms with van der Waals surface area (Å²) in [5, 5.41) is 9.76. The van der Waals surface area contributed by atoms with Gasteiger partial charge in [-0.05, 0) is 67.9 Å². The first kappa shape index (κ1) is 19.9. The fourth-order valence-corrected chi connectivity index (χ4v) is 4.46. The largest absolute Gasteiger partial charge is 0.497 e. The lowest BCUT2D eigenvalue weighted by Crippen LogP contribution is -2.30. The van der Waals surface area contributed by atoms with E-state index in [2.05, 4.69) is 31.8 Å². The molecular weight excluding hydrogens is 387 g/mol. The molecule has 1 fully saturated rings. The van der Waals surface area contributed by atoms with E-state index < -0.39 is 0 Å². The van der Waals surface area contributed by atoms with Crippen LogP contribution in [0.3, 0.4) is 0 Å². The van der Waals surface area contributed by atoms with Gasteiger partial charge in [-0.2, -0.15) is 0 Å². The highest BCUT2D eigenvalue weighted by molar-refractivity contribution is 7.98. The van der Waals surface area contributed by atoms with Crippen LogP contribution in [0.25, 0.3) is 5.69 Å². The van der Waals surface area contributed by atoms with E-state index in [9.17, 15) is 4.39 Å². The van der Waals surface area contributed by atoms with Crippen molar-refractivity contribution in [3.8, 4) is 11.4 Å². The number of rotatable bonds is 7. The Labute approximate surface area is 174 Å². The summed E-state index contributed by atoms with van der Waals surface area (Å²) < 4.78 is 20.8. The van der Waals surface area contributed by atoms with Crippen LogP contribution in [0.15, 0.2) is 53.7 Å². The Hall–Kier alpha value is -2.38. The van der Waals surface area contributed by atoms with E-state index in [4.69, 9.17) is 4.74 Å². The van der Waals surface area contributed by atoms with Crippen LogP contribution in [-0.4, -0.2) is 39.9 Å². The van der Waals surface area contributed by atoms with Crippen molar-refractivity contribution in [3.63, 3.8) is 0 Å². The van der Waals surface area contributed by atoms with E-state index in [1.807, 2.05) is 12.1 Å². The van der Waals surface area contributed by atoms with E-state index >= 15 is 0 Å². The number of benzene rings is 2. The zero-order valence-corrected chi connectivity index (χ0v) is 17.4. The molecule has 0 radical (unpaired) electrons. The summed E-state index contributed by atoms with van der Waals surface area (Å²) in [7, 11) is 1.67. The van der Waals surface area contributed by atoms with Crippen molar-refractivity contribution in [2.45, 2.75) is 36.7 Å². The van der Waals surface area contributed by atoms with Crippen molar-refractivity contribution >= 4 is 11.8 Å². The minimum Gasteiger partial charge on any atom is -0.497 e. The van der Waals surface area contributed by atoms with Gasteiger partial charge in [-0.25, -0.2) is 4.39 Å². The minimum atomic E-state index is -0.244. The zero-order chi connectivity index (χ0) is 20.1. The fourth-order valence-electron chi connectivity index (χ4n) is 3.53. The second kappa shape index (κ2) is 9.41. The van der Waals surface area contributed by atoms with Gasteiger partial charge >= 0.3 is 0 Å². The molecule has 0 saturated carbocycles. The number of piperidine rings is 1. The Balaban J connectivity index is 1.57. The molecule has 1 aliphatic heterocycles. The molecule has 7 heteroatoms. The molecule has 0 spiro atoms. The molecule has 1 aromatic heterocycles. The summed E-state index contributed by atoms with van der Waals surface area (Å²) in [5.41, 5.74) is 2.07. The van der Waals surface area contributed by atoms with Gasteiger partial charge in [-0.3, -0.25) is 9.47 Å². The van der Waals surface area contributed by atoms with Crippen molar-refractivity contribution in [1.29, 1.82) is 0 Å². The minimum absolute atomic E-state index is 0.244. The number of methoxy groups -OCH3 is 1. The van der Waals surface area contributed by atoms with Crippen LogP contribution >= 0.6 is 11.8 Å². The standard InChI is InChI=1S/C22H25FN4OS/c1-28-20-11-5-17(6-12-20)16-29-22-25-24-21(15-26-13-3-2-4-14-26)27(22)19-9-7-18(23)8-10-19/h5-12H,2-4,13-16H2,1H3. The monoisotopic (exact) mass is 412 g/mol. The molecular formula is C22H25FN4OS. The van der Waals surface area contributed by atoms with Gasteiger partial charge in [0, 0.05) is 11.4 Å². The molecule has 0 bridgehead atoms. The van der Waals surface area contributed by atoms with Gasteiger partial charge in [0.15, 0.2) is 11.0 Å². The van der Waals surface area contributed by atoms with Crippen molar-refractivity contribution < 1.29 is 9.13 Å². The third-order valence-electron chi connectivity index (χ3n) is 5.13. The Morgan fingerprint density at radius 1 is 0.966 bits per heavy atom. The molecule has 0 unspecified atom stereocenters.